The van der Waals surface area contributed by atoms with E-state index >= 15 is 0 Å². The number of fused-ring (bicyclic) bond motifs is 1. The first-order valence-electron chi connectivity index (χ1n) is 10.7. The number of amides is 1. The molecule has 0 saturated heterocycles. The normalized spacial score (nSPS) is 17.7. The molecule has 0 aliphatic carbocycles. The van der Waals surface area contributed by atoms with Crippen LogP contribution in [0.2, 0.25) is 0 Å². The van der Waals surface area contributed by atoms with E-state index in [1.165, 1.54) is 11.3 Å². The van der Waals surface area contributed by atoms with Crippen LogP contribution in [0.25, 0.3) is 0 Å². The minimum atomic E-state index is -0.242. The van der Waals surface area contributed by atoms with E-state index in [9.17, 15) is 4.79 Å². The van der Waals surface area contributed by atoms with Gasteiger partial charge < -0.3 is 9.64 Å². The van der Waals surface area contributed by atoms with Gasteiger partial charge in [-0.05, 0) is 92.6 Å². The maximum atomic E-state index is 12.3. The van der Waals surface area contributed by atoms with E-state index in [2.05, 4.69) is 62.2 Å². The Morgan fingerprint density at radius 2 is 2.00 bits per heavy atom. The maximum absolute atomic E-state index is 12.3. The second kappa shape index (κ2) is 8.90. The quantitative estimate of drug-likeness (QED) is 0.524. The lowest BCUT2D eigenvalue weighted by atomic mass is 9.79. The summed E-state index contributed by atoms with van der Waals surface area (Å²) in [6, 6.07) is 11.5. The fourth-order valence-corrected chi connectivity index (χ4v) is 4.40. The Balaban J connectivity index is 1.80. The molecule has 1 unspecified atom stereocenters. The highest BCUT2D eigenvalue weighted by Crippen LogP contribution is 2.44. The first kappa shape index (κ1) is 21.9. The Morgan fingerprint density at radius 3 is 2.63 bits per heavy atom. The zero-order chi connectivity index (χ0) is 21.9. The van der Waals surface area contributed by atoms with Gasteiger partial charge in [0.15, 0.2) is 0 Å². The van der Waals surface area contributed by atoms with Crippen molar-refractivity contribution in [2.75, 3.05) is 18.6 Å². The van der Waals surface area contributed by atoms with Crippen molar-refractivity contribution in [3.63, 3.8) is 0 Å². The summed E-state index contributed by atoms with van der Waals surface area (Å²) >= 11 is 0. The molecule has 1 aliphatic heterocycles. The molecule has 1 N–H and O–H groups in total. The van der Waals surface area contributed by atoms with E-state index in [0.717, 1.165) is 30.5 Å². The number of benzene rings is 2. The number of ether oxygens (including phenoxy) is 1. The van der Waals surface area contributed by atoms with Crippen LogP contribution in [-0.2, 0) is 0 Å². The zero-order valence-electron chi connectivity index (χ0n) is 19.0. The molecule has 0 radical (unpaired) electrons. The van der Waals surface area contributed by atoms with Crippen molar-refractivity contribution in [2.24, 2.45) is 5.10 Å². The highest BCUT2D eigenvalue weighted by Gasteiger charge is 2.36. The minimum Gasteiger partial charge on any atom is -0.497 e. The van der Waals surface area contributed by atoms with Crippen LogP contribution in [0.4, 0.5) is 5.69 Å². The van der Waals surface area contributed by atoms with E-state index < -0.39 is 0 Å². The van der Waals surface area contributed by atoms with Crippen molar-refractivity contribution in [3.8, 4) is 5.75 Å². The smallest absolute Gasteiger partial charge is 0.271 e. The number of nitrogens with one attached hydrogen (secondary N) is 1. The van der Waals surface area contributed by atoms with E-state index in [0.29, 0.717) is 17.2 Å². The Bertz CT molecular complexity index is 932. The largest absolute Gasteiger partial charge is 0.497 e. The lowest BCUT2D eigenvalue weighted by Gasteiger charge is -2.48. The Hall–Kier alpha value is -2.82. The average Bonchev–Trinajstić information content (AvgIpc) is 2.71. The number of rotatable bonds is 6. The van der Waals surface area contributed by atoms with Crippen LogP contribution < -0.4 is 15.1 Å². The fourth-order valence-electron chi connectivity index (χ4n) is 4.40. The molecule has 5 heteroatoms. The summed E-state index contributed by atoms with van der Waals surface area (Å²) in [5.74, 6) is 0.952. The van der Waals surface area contributed by atoms with Gasteiger partial charge >= 0.3 is 0 Å². The van der Waals surface area contributed by atoms with Gasteiger partial charge in [-0.3, -0.25) is 4.79 Å². The Labute approximate surface area is 180 Å². The summed E-state index contributed by atoms with van der Waals surface area (Å²) in [6.07, 6.45) is 3.98. The molecule has 0 saturated carbocycles. The molecule has 3 rings (SSSR count). The minimum absolute atomic E-state index is 0.150. The predicted octanol–water partition coefficient (Wildman–Crippen LogP) is 5.27. The SMILES string of the molecule is CCCN1c2cc(C)c(/C=N\NC(=O)c3ccc(OC)cc3)cc2C(C)CC1(C)C. The number of aryl methyl sites for hydroxylation is 1. The van der Waals surface area contributed by atoms with Gasteiger partial charge in [0.05, 0.1) is 13.3 Å². The zero-order valence-corrected chi connectivity index (χ0v) is 19.0. The van der Waals surface area contributed by atoms with Gasteiger partial charge in [0, 0.05) is 23.3 Å². The van der Waals surface area contributed by atoms with Gasteiger partial charge in [0.1, 0.15) is 5.75 Å². The summed E-state index contributed by atoms with van der Waals surface area (Å²) < 4.78 is 5.13. The van der Waals surface area contributed by atoms with Crippen LogP contribution in [-0.4, -0.2) is 31.3 Å². The van der Waals surface area contributed by atoms with Crippen molar-refractivity contribution in [1.29, 1.82) is 0 Å². The van der Waals surface area contributed by atoms with Crippen LogP contribution in [0.1, 0.15) is 73.5 Å². The molecular formula is C25H33N3O2. The van der Waals surface area contributed by atoms with E-state index in [4.69, 9.17) is 4.74 Å². The first-order chi connectivity index (χ1) is 14.3. The van der Waals surface area contributed by atoms with Gasteiger partial charge in [0.25, 0.3) is 5.91 Å². The molecule has 2 aromatic carbocycles. The Morgan fingerprint density at radius 1 is 1.30 bits per heavy atom. The van der Waals surface area contributed by atoms with Crippen LogP contribution in [0.15, 0.2) is 41.5 Å². The molecule has 0 aromatic heterocycles. The second-order valence-corrected chi connectivity index (χ2v) is 8.76. The molecule has 0 bridgehead atoms. The number of carbonyl (C=O) groups excluding carboxylic acids is 1. The van der Waals surface area contributed by atoms with Crippen molar-refractivity contribution < 1.29 is 9.53 Å². The van der Waals surface area contributed by atoms with Crippen LogP contribution >= 0.6 is 0 Å². The molecule has 2 aromatic rings. The lowest BCUT2D eigenvalue weighted by Crippen LogP contribution is -2.48. The molecule has 0 fully saturated rings. The summed E-state index contributed by atoms with van der Waals surface area (Å²) in [6.45, 7) is 12.3. The highest BCUT2D eigenvalue weighted by atomic mass is 16.5. The second-order valence-electron chi connectivity index (χ2n) is 8.76. The summed E-state index contributed by atoms with van der Waals surface area (Å²) in [5.41, 5.74) is 8.19. The van der Waals surface area contributed by atoms with Crippen LogP contribution in [0.5, 0.6) is 5.75 Å². The predicted molar refractivity (Wildman–Crippen MR) is 124 cm³/mol. The summed E-state index contributed by atoms with van der Waals surface area (Å²) in [5, 5.41) is 4.21. The molecule has 160 valence electrons. The van der Waals surface area contributed by atoms with Crippen LogP contribution in [0, 0.1) is 6.92 Å². The fraction of sp³-hybridized carbons (Fsp3) is 0.440. The third kappa shape index (κ3) is 4.50. The van der Waals surface area contributed by atoms with Gasteiger partial charge in [-0.1, -0.05) is 13.8 Å². The van der Waals surface area contributed by atoms with Crippen molar-refractivity contribution in [1.82, 2.24) is 5.43 Å². The molecule has 1 atom stereocenters. The molecule has 1 amide bonds. The van der Waals surface area contributed by atoms with E-state index in [-0.39, 0.29) is 11.4 Å². The van der Waals surface area contributed by atoms with Gasteiger partial charge in [-0.2, -0.15) is 5.10 Å². The summed E-state index contributed by atoms with van der Waals surface area (Å²) in [7, 11) is 1.60. The van der Waals surface area contributed by atoms with Crippen molar-refractivity contribution in [3.05, 3.63) is 58.7 Å². The first-order valence-corrected chi connectivity index (χ1v) is 10.7. The number of nitrogens with zero attached hydrogens (tertiary/aromatic N) is 2. The molecular weight excluding hydrogens is 374 g/mol. The van der Waals surface area contributed by atoms with Gasteiger partial charge in [-0.25, -0.2) is 5.43 Å². The van der Waals surface area contributed by atoms with Crippen LogP contribution in [0.3, 0.4) is 0 Å². The Kier molecular flexibility index (Phi) is 6.49. The average molecular weight is 408 g/mol. The summed E-state index contributed by atoms with van der Waals surface area (Å²) in [4.78, 5) is 14.9. The number of methoxy groups -OCH3 is 1. The molecule has 1 aliphatic rings. The molecule has 5 nitrogen and oxygen atoms in total. The lowest BCUT2D eigenvalue weighted by molar-refractivity contribution is 0.0955. The molecule has 1 heterocycles. The number of hydrogen-bond donors (Lipinski definition) is 1. The highest BCUT2D eigenvalue weighted by molar-refractivity contribution is 5.95. The standard InChI is InChI=1S/C25H33N3O2/c1-7-12-28-23-13-17(2)20(14-22(23)18(3)15-25(28,4)5)16-26-27-24(29)19-8-10-21(30-6)11-9-19/h8-11,13-14,16,18H,7,12,15H2,1-6H3,(H,27,29)/b26-16-. The molecule has 30 heavy (non-hydrogen) atoms. The van der Waals surface area contributed by atoms with Crippen molar-refractivity contribution >= 4 is 17.8 Å². The third-order valence-corrected chi connectivity index (χ3v) is 5.94. The van der Waals surface area contributed by atoms with Gasteiger partial charge in [0.2, 0.25) is 0 Å². The maximum Gasteiger partial charge on any atom is 0.271 e. The van der Waals surface area contributed by atoms with Gasteiger partial charge in [-0.15, -0.1) is 0 Å². The monoisotopic (exact) mass is 407 g/mol. The van der Waals surface area contributed by atoms with E-state index in [1.807, 2.05) is 0 Å². The number of carbonyl (C=O) groups is 1. The molecule has 0 spiro atoms. The van der Waals surface area contributed by atoms with Crippen molar-refractivity contribution in [2.45, 2.75) is 58.9 Å². The third-order valence-electron chi connectivity index (χ3n) is 5.94. The topological polar surface area (TPSA) is 53.9 Å². The number of hydrazone groups is 1. The van der Waals surface area contributed by atoms with E-state index in [1.54, 1.807) is 37.6 Å². The number of anilines is 1. The number of hydrogen-bond acceptors (Lipinski definition) is 4.